The Labute approximate surface area is 222 Å². The Balaban J connectivity index is 1.91. The zero-order valence-electron chi connectivity index (χ0n) is 23.4. The van der Waals surface area contributed by atoms with Gasteiger partial charge in [-0.3, -0.25) is 9.36 Å². The summed E-state index contributed by atoms with van der Waals surface area (Å²) < 4.78 is 24.5. The zero-order valence-corrected chi connectivity index (χ0v) is 25.4. The predicted octanol–water partition coefficient (Wildman–Crippen LogP) is 6.21. The number of hydrogen-bond acceptors (Lipinski definition) is 6. The molecule has 0 saturated heterocycles. The number of benzene rings is 2. The zero-order chi connectivity index (χ0) is 27.1. The maximum atomic E-state index is 13.5. The fraction of sp³-hybridized carbons (Fsp3) is 0.500. The summed E-state index contributed by atoms with van der Waals surface area (Å²) in [5.41, 5.74) is 3.27. The molecule has 0 fully saturated rings. The topological polar surface area (TPSA) is 71.8 Å². The number of ether oxygens (including phenoxy) is 4. The van der Waals surface area contributed by atoms with Crippen LogP contribution in [0.25, 0.3) is 22.0 Å². The summed E-state index contributed by atoms with van der Waals surface area (Å²) in [6.07, 6.45) is 1.54. The Morgan fingerprint density at radius 2 is 1.59 bits per heavy atom. The highest BCUT2D eigenvalue weighted by atomic mass is 28.3. The van der Waals surface area contributed by atoms with Gasteiger partial charge in [0.05, 0.1) is 12.0 Å². The van der Waals surface area contributed by atoms with Gasteiger partial charge in [0.15, 0.2) is 6.79 Å². The van der Waals surface area contributed by atoms with Gasteiger partial charge in [0, 0.05) is 36.5 Å². The maximum absolute atomic E-state index is 13.5. The van der Waals surface area contributed by atoms with Crippen LogP contribution in [0.2, 0.25) is 51.4 Å². The molecule has 0 aliphatic heterocycles. The summed E-state index contributed by atoms with van der Waals surface area (Å²) in [4.78, 5) is 18.0. The fourth-order valence-electron chi connectivity index (χ4n) is 3.70. The molecule has 0 radical (unpaired) electrons. The molecule has 0 spiro atoms. The first-order valence-corrected chi connectivity index (χ1v) is 20.3. The molecule has 1 aromatic heterocycles. The lowest BCUT2D eigenvalue weighted by molar-refractivity contribution is 0.0228. The Morgan fingerprint density at radius 1 is 0.892 bits per heavy atom. The van der Waals surface area contributed by atoms with E-state index in [2.05, 4.69) is 50.3 Å². The van der Waals surface area contributed by atoms with Gasteiger partial charge in [0.1, 0.15) is 24.3 Å². The van der Waals surface area contributed by atoms with E-state index >= 15 is 0 Å². The fourth-order valence-corrected chi connectivity index (χ4v) is 5.21. The molecule has 1 heterocycles. The van der Waals surface area contributed by atoms with Crippen molar-refractivity contribution in [1.29, 1.82) is 0 Å². The van der Waals surface area contributed by atoms with Crippen molar-refractivity contribution in [3.8, 4) is 16.9 Å². The van der Waals surface area contributed by atoms with Crippen LogP contribution in [0.1, 0.15) is 5.56 Å². The normalized spacial score (nSPS) is 12.3. The Kier molecular flexibility index (Phi) is 10.3. The van der Waals surface area contributed by atoms with Gasteiger partial charge in [0.25, 0.3) is 5.56 Å². The van der Waals surface area contributed by atoms with Crippen LogP contribution in [0.5, 0.6) is 5.75 Å². The van der Waals surface area contributed by atoms with Crippen molar-refractivity contribution >= 4 is 27.1 Å². The Bertz CT molecular complexity index is 1230. The summed E-state index contributed by atoms with van der Waals surface area (Å²) >= 11 is 0. The minimum absolute atomic E-state index is 0.108. The van der Waals surface area contributed by atoms with Crippen LogP contribution in [-0.2, 0) is 27.5 Å². The number of methoxy groups -OCH3 is 1. The molecule has 0 unspecified atom stereocenters. The van der Waals surface area contributed by atoms with E-state index in [0.29, 0.717) is 36.5 Å². The van der Waals surface area contributed by atoms with Crippen LogP contribution in [0, 0.1) is 0 Å². The van der Waals surface area contributed by atoms with Crippen LogP contribution in [0.3, 0.4) is 0 Å². The highest BCUT2D eigenvalue weighted by molar-refractivity contribution is 6.76. The van der Waals surface area contributed by atoms with Gasteiger partial charge in [-0.25, -0.2) is 4.98 Å². The van der Waals surface area contributed by atoms with E-state index in [1.807, 2.05) is 30.3 Å². The molecule has 3 rings (SSSR count). The van der Waals surface area contributed by atoms with Crippen molar-refractivity contribution in [2.75, 3.05) is 27.1 Å². The maximum Gasteiger partial charge on any atom is 0.263 e. The lowest BCUT2D eigenvalue weighted by Gasteiger charge is -2.17. The molecular weight excluding hydrogens is 500 g/mol. The molecule has 0 saturated carbocycles. The highest BCUT2D eigenvalue weighted by Crippen LogP contribution is 2.31. The minimum Gasteiger partial charge on any atom is -0.465 e. The standard InChI is InChI=1S/C28H42N2O5Si2/c1-32-18-22-9-8-10-23(15-22)24-16-25-27(26(17-24)35-21-34-12-14-37(5,6)7)29-19-30(28(25)31)20-33-11-13-36(2,3)4/h8-10,15-17,19H,11-14,18,20-21H2,1-7H3. The van der Waals surface area contributed by atoms with E-state index in [-0.39, 0.29) is 19.1 Å². The minimum atomic E-state index is -1.21. The molecule has 0 N–H and O–H groups in total. The van der Waals surface area contributed by atoms with Crippen molar-refractivity contribution in [2.45, 2.75) is 64.7 Å². The van der Waals surface area contributed by atoms with Crippen LogP contribution >= 0.6 is 0 Å². The van der Waals surface area contributed by atoms with E-state index < -0.39 is 16.1 Å². The van der Waals surface area contributed by atoms with Crippen LogP contribution in [-0.4, -0.2) is 52.8 Å². The molecular formula is C28H42N2O5Si2. The van der Waals surface area contributed by atoms with Gasteiger partial charge < -0.3 is 18.9 Å². The largest absolute Gasteiger partial charge is 0.465 e. The van der Waals surface area contributed by atoms with Gasteiger partial charge in [-0.05, 0) is 47.0 Å². The second-order valence-corrected chi connectivity index (χ2v) is 23.1. The molecule has 3 aromatic rings. The number of nitrogens with zero attached hydrogens (tertiary/aromatic N) is 2. The lowest BCUT2D eigenvalue weighted by atomic mass is 10.0. The molecule has 202 valence electrons. The SMILES string of the molecule is COCc1cccc(-c2cc(OCOCC[Si](C)(C)C)c3ncn(COCC[Si](C)(C)C)c(=O)c3c2)c1. The van der Waals surface area contributed by atoms with E-state index in [1.165, 1.54) is 10.9 Å². The summed E-state index contributed by atoms with van der Waals surface area (Å²) in [5.74, 6) is 0.529. The smallest absolute Gasteiger partial charge is 0.263 e. The molecule has 7 nitrogen and oxygen atoms in total. The van der Waals surface area contributed by atoms with Crippen LogP contribution < -0.4 is 10.3 Å². The first kappa shape index (κ1) is 29.3. The average Bonchev–Trinajstić information content (AvgIpc) is 2.82. The van der Waals surface area contributed by atoms with E-state index in [4.69, 9.17) is 18.9 Å². The third kappa shape index (κ3) is 9.19. The highest BCUT2D eigenvalue weighted by Gasteiger charge is 2.16. The molecule has 0 bridgehead atoms. The number of rotatable bonds is 14. The van der Waals surface area contributed by atoms with Gasteiger partial charge in [0.2, 0.25) is 0 Å². The van der Waals surface area contributed by atoms with Gasteiger partial charge in [-0.15, -0.1) is 0 Å². The second kappa shape index (κ2) is 13.0. The van der Waals surface area contributed by atoms with Crippen molar-refractivity contribution in [3.63, 3.8) is 0 Å². The quantitative estimate of drug-likeness (QED) is 0.137. The molecule has 0 aliphatic carbocycles. The monoisotopic (exact) mass is 542 g/mol. The number of aromatic nitrogens is 2. The van der Waals surface area contributed by atoms with Crippen molar-refractivity contribution in [1.82, 2.24) is 9.55 Å². The lowest BCUT2D eigenvalue weighted by Crippen LogP contribution is -2.25. The Hall–Kier alpha value is -2.31. The first-order valence-electron chi connectivity index (χ1n) is 12.9. The second-order valence-electron chi connectivity index (χ2n) is 11.9. The third-order valence-corrected chi connectivity index (χ3v) is 9.39. The molecule has 37 heavy (non-hydrogen) atoms. The first-order chi connectivity index (χ1) is 17.5. The number of hydrogen-bond donors (Lipinski definition) is 0. The van der Waals surface area contributed by atoms with Crippen molar-refractivity contribution < 1.29 is 18.9 Å². The summed E-state index contributed by atoms with van der Waals surface area (Å²) in [6.45, 7) is 15.9. The van der Waals surface area contributed by atoms with Crippen LogP contribution in [0.4, 0.5) is 0 Å². The summed E-state index contributed by atoms with van der Waals surface area (Å²) in [5, 5.41) is 0.489. The third-order valence-electron chi connectivity index (χ3n) is 5.98. The molecule has 2 aromatic carbocycles. The van der Waals surface area contributed by atoms with Gasteiger partial charge >= 0.3 is 0 Å². The molecule has 0 atom stereocenters. The van der Waals surface area contributed by atoms with Crippen molar-refractivity contribution in [2.24, 2.45) is 0 Å². The van der Waals surface area contributed by atoms with Crippen LogP contribution in [0.15, 0.2) is 47.5 Å². The molecule has 0 aliphatic rings. The Morgan fingerprint density at radius 3 is 2.27 bits per heavy atom. The molecule has 0 amide bonds. The number of fused-ring (bicyclic) bond motifs is 1. The van der Waals surface area contributed by atoms with Gasteiger partial charge in [-0.1, -0.05) is 57.5 Å². The van der Waals surface area contributed by atoms with Gasteiger partial charge in [-0.2, -0.15) is 0 Å². The summed E-state index contributed by atoms with van der Waals surface area (Å²) in [7, 11) is -0.722. The van der Waals surface area contributed by atoms with E-state index in [9.17, 15) is 4.79 Å². The van der Waals surface area contributed by atoms with E-state index in [1.54, 1.807) is 7.11 Å². The summed E-state index contributed by atoms with van der Waals surface area (Å²) in [6, 6.07) is 14.0. The van der Waals surface area contributed by atoms with E-state index in [0.717, 1.165) is 28.8 Å². The average molecular weight is 543 g/mol. The molecule has 9 heteroatoms. The van der Waals surface area contributed by atoms with Crippen molar-refractivity contribution in [3.05, 3.63) is 58.6 Å². The predicted molar refractivity (Wildman–Crippen MR) is 156 cm³/mol.